The van der Waals surface area contributed by atoms with Crippen molar-refractivity contribution in [3.05, 3.63) is 29.3 Å². The number of rotatable bonds is 3. The highest BCUT2D eigenvalue weighted by atomic mass is 16.5. The lowest BCUT2D eigenvalue weighted by molar-refractivity contribution is 0.0125. The zero-order valence-corrected chi connectivity index (χ0v) is 11.0. The van der Waals surface area contributed by atoms with Crippen molar-refractivity contribution in [3.8, 4) is 5.75 Å². The van der Waals surface area contributed by atoms with Gasteiger partial charge < -0.3 is 20.3 Å². The fourth-order valence-electron chi connectivity index (χ4n) is 2.15. The lowest BCUT2D eigenvalue weighted by Crippen LogP contribution is -2.54. The summed E-state index contributed by atoms with van der Waals surface area (Å²) in [5.74, 6) is -0.191. The fourth-order valence-corrected chi connectivity index (χ4v) is 2.15. The number of aliphatic hydroxyl groups is 1. The summed E-state index contributed by atoms with van der Waals surface area (Å²) in [6.07, 6.45) is 1.18. The van der Waals surface area contributed by atoms with E-state index in [1.807, 2.05) is 0 Å². The maximum atomic E-state index is 12.2. The first-order valence-corrected chi connectivity index (χ1v) is 6.37. The second kappa shape index (κ2) is 5.59. The SMILES string of the molecule is Cc1ccc(C(=O)NC2(CO)CCOCC2)cc1O. The van der Waals surface area contributed by atoms with Crippen molar-refractivity contribution in [1.82, 2.24) is 5.32 Å². The molecule has 1 amide bonds. The second-order valence-electron chi connectivity index (χ2n) is 5.01. The van der Waals surface area contributed by atoms with Gasteiger partial charge in [0.25, 0.3) is 5.91 Å². The van der Waals surface area contributed by atoms with Crippen molar-refractivity contribution >= 4 is 5.91 Å². The minimum absolute atomic E-state index is 0.0951. The molecule has 3 N–H and O–H groups in total. The number of aromatic hydroxyl groups is 1. The number of hydrogen-bond acceptors (Lipinski definition) is 4. The Kier molecular flexibility index (Phi) is 4.07. The largest absolute Gasteiger partial charge is 0.508 e. The van der Waals surface area contributed by atoms with Gasteiger partial charge >= 0.3 is 0 Å². The lowest BCUT2D eigenvalue weighted by Gasteiger charge is -2.36. The van der Waals surface area contributed by atoms with Crippen LogP contribution in [0.15, 0.2) is 18.2 Å². The zero-order valence-electron chi connectivity index (χ0n) is 11.0. The first-order chi connectivity index (χ1) is 9.06. The molecule has 0 saturated carbocycles. The third kappa shape index (κ3) is 3.05. The first kappa shape index (κ1) is 13.8. The van der Waals surface area contributed by atoms with Gasteiger partial charge in [-0.15, -0.1) is 0 Å². The van der Waals surface area contributed by atoms with Gasteiger partial charge in [0.15, 0.2) is 0 Å². The number of ether oxygens (including phenoxy) is 1. The van der Waals surface area contributed by atoms with E-state index >= 15 is 0 Å². The highest BCUT2D eigenvalue weighted by Crippen LogP contribution is 2.22. The summed E-state index contributed by atoms with van der Waals surface area (Å²) in [5, 5.41) is 22.0. The van der Waals surface area contributed by atoms with Crippen molar-refractivity contribution in [3.63, 3.8) is 0 Å². The molecule has 0 aromatic heterocycles. The molecule has 5 nitrogen and oxygen atoms in total. The topological polar surface area (TPSA) is 78.8 Å². The van der Waals surface area contributed by atoms with Crippen molar-refractivity contribution in [1.29, 1.82) is 0 Å². The summed E-state index contributed by atoms with van der Waals surface area (Å²) in [6.45, 7) is 2.71. The summed E-state index contributed by atoms with van der Waals surface area (Å²) >= 11 is 0. The molecule has 1 aromatic carbocycles. The number of carbonyl (C=O) groups excluding carboxylic acids is 1. The van der Waals surface area contributed by atoms with E-state index in [1.54, 1.807) is 19.1 Å². The Bertz CT molecular complexity index is 467. The van der Waals surface area contributed by atoms with Crippen LogP contribution in [-0.2, 0) is 4.74 Å². The van der Waals surface area contributed by atoms with Gasteiger partial charge in [-0.3, -0.25) is 4.79 Å². The summed E-state index contributed by atoms with van der Waals surface area (Å²) in [7, 11) is 0. The minimum atomic E-state index is -0.615. The highest BCUT2D eigenvalue weighted by Gasteiger charge is 2.33. The summed E-state index contributed by atoms with van der Waals surface area (Å²) in [6, 6.07) is 4.80. The fraction of sp³-hybridized carbons (Fsp3) is 0.500. The number of carbonyl (C=O) groups is 1. The van der Waals surface area contributed by atoms with E-state index in [9.17, 15) is 15.0 Å². The lowest BCUT2D eigenvalue weighted by atomic mass is 9.90. The molecule has 1 aromatic rings. The molecule has 0 aliphatic carbocycles. The van der Waals surface area contributed by atoms with Crippen LogP contribution in [0.1, 0.15) is 28.8 Å². The number of hydrogen-bond donors (Lipinski definition) is 3. The molecule has 0 radical (unpaired) electrons. The van der Waals surface area contributed by atoms with Crippen molar-refractivity contribution in [2.24, 2.45) is 0 Å². The van der Waals surface area contributed by atoms with E-state index in [0.29, 0.717) is 31.6 Å². The summed E-state index contributed by atoms with van der Waals surface area (Å²) < 4.78 is 5.25. The average molecular weight is 265 g/mol. The van der Waals surface area contributed by atoms with Gasteiger partial charge in [-0.2, -0.15) is 0 Å². The summed E-state index contributed by atoms with van der Waals surface area (Å²) in [4.78, 5) is 12.2. The molecule has 0 atom stereocenters. The number of amides is 1. The van der Waals surface area contributed by atoms with Crippen LogP contribution in [0.5, 0.6) is 5.75 Å². The highest BCUT2D eigenvalue weighted by molar-refractivity contribution is 5.95. The first-order valence-electron chi connectivity index (χ1n) is 6.37. The molecule has 19 heavy (non-hydrogen) atoms. The molecule has 1 saturated heterocycles. The number of nitrogens with one attached hydrogen (secondary N) is 1. The molecular weight excluding hydrogens is 246 g/mol. The number of phenols is 1. The molecular formula is C14H19NO4. The number of aryl methyl sites for hydroxylation is 1. The second-order valence-corrected chi connectivity index (χ2v) is 5.01. The van der Waals surface area contributed by atoms with Gasteiger partial charge in [0.1, 0.15) is 5.75 Å². The van der Waals surface area contributed by atoms with E-state index in [4.69, 9.17) is 4.74 Å². The smallest absolute Gasteiger partial charge is 0.251 e. The normalized spacial score (nSPS) is 18.0. The quantitative estimate of drug-likeness (QED) is 0.761. The van der Waals surface area contributed by atoms with Crippen molar-refractivity contribution < 1.29 is 19.7 Å². The Balaban J connectivity index is 2.12. The van der Waals surface area contributed by atoms with Gasteiger partial charge in [0, 0.05) is 18.8 Å². The van der Waals surface area contributed by atoms with Crippen molar-refractivity contribution in [2.75, 3.05) is 19.8 Å². The Morgan fingerprint density at radius 3 is 2.68 bits per heavy atom. The Morgan fingerprint density at radius 1 is 1.42 bits per heavy atom. The van der Waals surface area contributed by atoms with Crippen LogP contribution in [0, 0.1) is 6.92 Å². The molecule has 5 heteroatoms. The zero-order chi connectivity index (χ0) is 13.9. The van der Waals surface area contributed by atoms with Crippen LogP contribution < -0.4 is 5.32 Å². The standard InChI is InChI=1S/C14H19NO4/c1-10-2-3-11(8-12(10)17)13(18)15-14(9-16)4-6-19-7-5-14/h2-3,8,16-17H,4-7,9H2,1H3,(H,15,18). The van der Waals surface area contributed by atoms with Crippen LogP contribution in [0.4, 0.5) is 0 Å². The van der Waals surface area contributed by atoms with Gasteiger partial charge in [-0.25, -0.2) is 0 Å². The van der Waals surface area contributed by atoms with Gasteiger partial charge in [0.2, 0.25) is 0 Å². The van der Waals surface area contributed by atoms with E-state index in [0.717, 1.165) is 5.56 Å². The Morgan fingerprint density at radius 2 is 2.11 bits per heavy atom. The van der Waals surface area contributed by atoms with Crippen LogP contribution >= 0.6 is 0 Å². The molecule has 1 aliphatic heterocycles. The number of phenolic OH excluding ortho intramolecular Hbond substituents is 1. The minimum Gasteiger partial charge on any atom is -0.508 e. The molecule has 1 aliphatic rings. The van der Waals surface area contributed by atoms with Crippen LogP contribution in [0.2, 0.25) is 0 Å². The molecule has 104 valence electrons. The van der Waals surface area contributed by atoms with E-state index < -0.39 is 5.54 Å². The van der Waals surface area contributed by atoms with Crippen molar-refractivity contribution in [2.45, 2.75) is 25.3 Å². The molecule has 0 unspecified atom stereocenters. The molecule has 2 rings (SSSR count). The monoisotopic (exact) mass is 265 g/mol. The van der Waals surface area contributed by atoms with Crippen LogP contribution in [0.3, 0.4) is 0 Å². The van der Waals surface area contributed by atoms with E-state index in [2.05, 4.69) is 5.32 Å². The van der Waals surface area contributed by atoms with E-state index in [1.165, 1.54) is 6.07 Å². The van der Waals surface area contributed by atoms with Gasteiger partial charge in [0.05, 0.1) is 12.1 Å². The average Bonchev–Trinajstić information content (AvgIpc) is 2.43. The number of benzene rings is 1. The maximum absolute atomic E-state index is 12.2. The Labute approximate surface area is 112 Å². The van der Waals surface area contributed by atoms with Gasteiger partial charge in [-0.1, -0.05) is 6.07 Å². The van der Waals surface area contributed by atoms with Gasteiger partial charge in [-0.05, 0) is 37.5 Å². The predicted octanol–water partition coefficient (Wildman–Crippen LogP) is 0.972. The molecule has 0 spiro atoms. The third-order valence-electron chi connectivity index (χ3n) is 3.60. The van der Waals surface area contributed by atoms with E-state index in [-0.39, 0.29) is 18.3 Å². The number of aliphatic hydroxyl groups excluding tert-OH is 1. The van der Waals surface area contributed by atoms with Crippen LogP contribution in [0.25, 0.3) is 0 Å². The molecule has 0 bridgehead atoms. The molecule has 1 heterocycles. The third-order valence-corrected chi connectivity index (χ3v) is 3.60. The Hall–Kier alpha value is -1.59. The summed E-state index contributed by atoms with van der Waals surface area (Å²) in [5.41, 5.74) is 0.498. The van der Waals surface area contributed by atoms with Crippen LogP contribution in [-0.4, -0.2) is 41.5 Å². The molecule has 1 fully saturated rings. The predicted molar refractivity (Wildman–Crippen MR) is 70.2 cm³/mol. The maximum Gasteiger partial charge on any atom is 0.251 e.